The molecule has 1 heterocycles. The minimum Gasteiger partial charge on any atom is -0.331 e. The highest BCUT2D eigenvalue weighted by molar-refractivity contribution is 8.01. The van der Waals surface area contributed by atoms with Crippen LogP contribution in [0.4, 0.5) is 5.69 Å². The number of thiazole rings is 1. The van der Waals surface area contributed by atoms with Crippen LogP contribution in [0.2, 0.25) is 5.02 Å². The van der Waals surface area contributed by atoms with Gasteiger partial charge in [0.05, 0.1) is 11.4 Å². The highest BCUT2D eigenvalue weighted by atomic mass is 35.5. The minimum atomic E-state index is -0.197. The first-order valence-corrected chi connectivity index (χ1v) is 10.9. The van der Waals surface area contributed by atoms with Crippen LogP contribution in [0.15, 0.2) is 58.3 Å². The molecule has 3 N–H and O–H groups in total. The van der Waals surface area contributed by atoms with Crippen molar-refractivity contribution in [1.82, 2.24) is 15.8 Å². The molecule has 3 aromatic rings. The summed E-state index contributed by atoms with van der Waals surface area (Å²) < 4.78 is 0.840. The molecule has 0 aliphatic rings. The number of anilines is 1. The molecular formula is C19H17ClN4OS3. The molecule has 3 rings (SSSR count). The lowest BCUT2D eigenvalue weighted by molar-refractivity contribution is -0.119. The summed E-state index contributed by atoms with van der Waals surface area (Å²) in [6.45, 7) is 2.05. The van der Waals surface area contributed by atoms with Crippen LogP contribution in [0.5, 0.6) is 0 Å². The standard InChI is InChI=1S/C19H17ClN4OS3/c1-12-2-4-13(5-3-12)16-10-27-19(22-16)28-11-17(25)23-24-18(26)21-15-8-6-14(20)7-9-15/h2-10H,11H2,1H3,(H,23,25)(H2,21,24,26). The van der Waals surface area contributed by atoms with Gasteiger partial charge in [-0.1, -0.05) is 53.2 Å². The number of carbonyl (C=O) groups excluding carboxylic acids is 1. The number of aromatic nitrogens is 1. The smallest absolute Gasteiger partial charge is 0.248 e. The summed E-state index contributed by atoms with van der Waals surface area (Å²) in [6, 6.07) is 15.3. The first-order valence-electron chi connectivity index (χ1n) is 8.26. The summed E-state index contributed by atoms with van der Waals surface area (Å²) in [7, 11) is 0. The van der Waals surface area contributed by atoms with Crippen molar-refractivity contribution in [3.63, 3.8) is 0 Å². The van der Waals surface area contributed by atoms with Gasteiger partial charge in [0.25, 0.3) is 0 Å². The third kappa shape index (κ3) is 6.20. The van der Waals surface area contributed by atoms with E-state index in [9.17, 15) is 4.79 Å². The Balaban J connectivity index is 1.42. The predicted molar refractivity (Wildman–Crippen MR) is 122 cm³/mol. The number of carbonyl (C=O) groups is 1. The number of thiocarbonyl (C=S) groups is 1. The van der Waals surface area contributed by atoms with Crippen molar-refractivity contribution in [2.45, 2.75) is 11.3 Å². The summed E-state index contributed by atoms with van der Waals surface area (Å²) in [6.07, 6.45) is 0. The fourth-order valence-corrected chi connectivity index (χ4v) is 4.10. The van der Waals surface area contributed by atoms with E-state index in [-0.39, 0.29) is 16.8 Å². The monoisotopic (exact) mass is 448 g/mol. The van der Waals surface area contributed by atoms with Gasteiger partial charge >= 0.3 is 0 Å². The van der Waals surface area contributed by atoms with Gasteiger partial charge in [-0.2, -0.15) is 0 Å². The maximum absolute atomic E-state index is 12.0. The molecule has 0 saturated carbocycles. The zero-order valence-corrected chi connectivity index (χ0v) is 18.1. The number of benzene rings is 2. The molecule has 0 bridgehead atoms. The number of thioether (sulfide) groups is 1. The molecule has 144 valence electrons. The Labute approximate surface area is 181 Å². The molecule has 5 nitrogen and oxygen atoms in total. The number of halogens is 1. The van der Waals surface area contributed by atoms with Gasteiger partial charge in [0, 0.05) is 21.7 Å². The lowest BCUT2D eigenvalue weighted by Crippen LogP contribution is -2.44. The summed E-state index contributed by atoms with van der Waals surface area (Å²) >= 11 is 13.9. The molecule has 0 saturated heterocycles. The van der Waals surface area contributed by atoms with Gasteiger partial charge < -0.3 is 5.32 Å². The predicted octanol–water partition coefficient (Wildman–Crippen LogP) is 4.88. The second-order valence-corrected chi connectivity index (χ2v) is 8.71. The first-order chi connectivity index (χ1) is 13.5. The molecule has 0 unspecified atom stereocenters. The van der Waals surface area contributed by atoms with E-state index in [0.29, 0.717) is 5.02 Å². The summed E-state index contributed by atoms with van der Waals surface area (Å²) in [5, 5.41) is 5.88. The van der Waals surface area contributed by atoms with Crippen LogP contribution < -0.4 is 16.2 Å². The van der Waals surface area contributed by atoms with Gasteiger partial charge in [0.1, 0.15) is 0 Å². The Kier molecular flexibility index (Phi) is 7.27. The van der Waals surface area contributed by atoms with Crippen molar-refractivity contribution in [1.29, 1.82) is 0 Å². The zero-order valence-electron chi connectivity index (χ0n) is 14.9. The molecule has 0 aliphatic carbocycles. The van der Waals surface area contributed by atoms with Crippen molar-refractivity contribution >= 4 is 63.6 Å². The van der Waals surface area contributed by atoms with E-state index in [2.05, 4.69) is 40.2 Å². The maximum Gasteiger partial charge on any atom is 0.248 e. The Morgan fingerprint density at radius 3 is 2.57 bits per heavy atom. The molecule has 0 fully saturated rings. The average molecular weight is 449 g/mol. The van der Waals surface area contributed by atoms with E-state index >= 15 is 0 Å². The van der Waals surface area contributed by atoms with Gasteiger partial charge in [0.2, 0.25) is 5.91 Å². The average Bonchev–Trinajstić information content (AvgIpc) is 3.16. The quantitative estimate of drug-likeness (QED) is 0.293. The molecule has 2 aromatic carbocycles. The Bertz CT molecular complexity index is 958. The number of rotatable bonds is 5. The van der Waals surface area contributed by atoms with E-state index in [4.69, 9.17) is 23.8 Å². The summed E-state index contributed by atoms with van der Waals surface area (Å²) in [5.74, 6) is 0.0366. The van der Waals surface area contributed by atoms with Crippen LogP contribution in [-0.2, 0) is 4.79 Å². The fourth-order valence-electron chi connectivity index (χ4n) is 2.17. The fraction of sp³-hybridized carbons (Fsp3) is 0.105. The molecule has 9 heteroatoms. The van der Waals surface area contributed by atoms with Crippen molar-refractivity contribution in [2.75, 3.05) is 11.1 Å². The van der Waals surface area contributed by atoms with Crippen LogP contribution in [0, 0.1) is 6.92 Å². The van der Waals surface area contributed by atoms with Crippen LogP contribution in [0.25, 0.3) is 11.3 Å². The van der Waals surface area contributed by atoms with Crippen molar-refractivity contribution in [3.8, 4) is 11.3 Å². The van der Waals surface area contributed by atoms with Crippen LogP contribution in [0.1, 0.15) is 5.56 Å². The van der Waals surface area contributed by atoms with Gasteiger partial charge in [-0.05, 0) is 43.4 Å². The molecule has 28 heavy (non-hydrogen) atoms. The second-order valence-electron chi connectivity index (χ2n) is 5.79. The van der Waals surface area contributed by atoms with Crippen molar-refractivity contribution in [2.24, 2.45) is 0 Å². The van der Waals surface area contributed by atoms with Gasteiger partial charge in [-0.3, -0.25) is 15.6 Å². The lowest BCUT2D eigenvalue weighted by atomic mass is 10.1. The van der Waals surface area contributed by atoms with Gasteiger partial charge in [-0.25, -0.2) is 4.98 Å². The number of hydrogen-bond donors (Lipinski definition) is 3. The molecule has 0 aliphatic heterocycles. The second kappa shape index (κ2) is 9.88. The third-order valence-corrected chi connectivity index (χ3v) is 6.05. The first kappa shape index (κ1) is 20.6. The van der Waals surface area contributed by atoms with Crippen molar-refractivity contribution in [3.05, 3.63) is 64.5 Å². The number of nitrogens with one attached hydrogen (secondary N) is 3. The van der Waals surface area contributed by atoms with Crippen LogP contribution in [0.3, 0.4) is 0 Å². The van der Waals surface area contributed by atoms with Gasteiger partial charge in [-0.15, -0.1) is 11.3 Å². The number of amides is 1. The molecule has 1 amide bonds. The lowest BCUT2D eigenvalue weighted by Gasteiger charge is -2.11. The molecule has 0 spiro atoms. The van der Waals surface area contributed by atoms with E-state index < -0.39 is 0 Å². The SMILES string of the molecule is Cc1ccc(-c2csc(SCC(=O)NNC(=S)Nc3ccc(Cl)cc3)n2)cc1. The molecule has 1 aromatic heterocycles. The number of hydrogen-bond acceptors (Lipinski definition) is 5. The van der Waals surface area contributed by atoms with Crippen molar-refractivity contribution < 1.29 is 4.79 Å². The van der Waals surface area contributed by atoms with Crippen LogP contribution >= 0.6 is 46.9 Å². The normalized spacial score (nSPS) is 10.4. The minimum absolute atomic E-state index is 0.197. The maximum atomic E-state index is 12.0. The van der Waals surface area contributed by atoms with Crippen LogP contribution in [-0.4, -0.2) is 21.8 Å². The third-order valence-electron chi connectivity index (χ3n) is 3.57. The molecule has 0 radical (unpaired) electrons. The summed E-state index contributed by atoms with van der Waals surface area (Å²) in [5.41, 5.74) is 9.21. The van der Waals surface area contributed by atoms with E-state index in [0.717, 1.165) is 21.3 Å². The Morgan fingerprint density at radius 1 is 1.14 bits per heavy atom. The molecular weight excluding hydrogens is 432 g/mol. The Hall–Kier alpha value is -2.13. The van der Waals surface area contributed by atoms with E-state index in [1.165, 1.54) is 28.7 Å². The molecule has 0 atom stereocenters. The highest BCUT2D eigenvalue weighted by Crippen LogP contribution is 2.28. The van der Waals surface area contributed by atoms with E-state index in [1.54, 1.807) is 24.3 Å². The number of nitrogens with zero attached hydrogens (tertiary/aromatic N) is 1. The highest BCUT2D eigenvalue weighted by Gasteiger charge is 2.08. The van der Waals surface area contributed by atoms with E-state index in [1.807, 2.05) is 17.5 Å². The zero-order chi connectivity index (χ0) is 19.9. The number of aryl methyl sites for hydroxylation is 1. The Morgan fingerprint density at radius 2 is 1.86 bits per heavy atom. The largest absolute Gasteiger partial charge is 0.331 e. The summed E-state index contributed by atoms with van der Waals surface area (Å²) in [4.78, 5) is 16.6. The van der Waals surface area contributed by atoms with Gasteiger partial charge in [0.15, 0.2) is 9.45 Å². The number of hydrazine groups is 1. The topological polar surface area (TPSA) is 66.1 Å².